The molecule has 1 fully saturated rings. The summed E-state index contributed by atoms with van der Waals surface area (Å²) < 4.78 is 0. The topological polar surface area (TPSA) is 29.3 Å². The Bertz CT molecular complexity index is 305. The average molecular weight is 238 g/mol. The van der Waals surface area contributed by atoms with Gasteiger partial charge in [0.1, 0.15) is 0 Å². The molecule has 3 heteroatoms. The molecule has 1 aliphatic heterocycles. The van der Waals surface area contributed by atoms with Gasteiger partial charge in [-0.25, -0.2) is 0 Å². The van der Waals surface area contributed by atoms with Crippen molar-refractivity contribution in [1.29, 1.82) is 0 Å². The minimum atomic E-state index is -0.0603. The Morgan fingerprint density at radius 1 is 1.44 bits per heavy atom. The number of nitrogens with two attached hydrogens (primary N) is 1. The van der Waals surface area contributed by atoms with Crippen molar-refractivity contribution >= 4 is 11.3 Å². The molecule has 1 aromatic rings. The van der Waals surface area contributed by atoms with Gasteiger partial charge in [0.2, 0.25) is 0 Å². The van der Waals surface area contributed by atoms with E-state index in [1.165, 1.54) is 31.5 Å². The minimum Gasteiger partial charge on any atom is -0.324 e. The first-order valence-electron chi connectivity index (χ1n) is 6.08. The SMILES string of the molecule is CC(C)(N)CN1CCC(c2ccsc2)CC1. The average Bonchev–Trinajstić information content (AvgIpc) is 2.69. The quantitative estimate of drug-likeness (QED) is 0.877. The van der Waals surface area contributed by atoms with E-state index in [4.69, 9.17) is 5.73 Å². The van der Waals surface area contributed by atoms with Crippen LogP contribution in [0.1, 0.15) is 38.2 Å². The third-order valence-electron chi connectivity index (χ3n) is 3.23. The molecule has 1 aromatic heterocycles. The van der Waals surface area contributed by atoms with E-state index in [1.807, 2.05) is 11.3 Å². The molecule has 0 amide bonds. The highest BCUT2D eigenvalue weighted by molar-refractivity contribution is 7.07. The van der Waals surface area contributed by atoms with Crippen molar-refractivity contribution in [1.82, 2.24) is 4.90 Å². The lowest BCUT2D eigenvalue weighted by Crippen LogP contribution is -2.47. The van der Waals surface area contributed by atoms with Crippen molar-refractivity contribution in [3.05, 3.63) is 22.4 Å². The molecule has 0 atom stereocenters. The lowest BCUT2D eigenvalue weighted by atomic mass is 9.90. The number of hydrogen-bond donors (Lipinski definition) is 1. The predicted molar refractivity (Wildman–Crippen MR) is 71.0 cm³/mol. The number of piperidine rings is 1. The Balaban J connectivity index is 1.83. The fourth-order valence-corrected chi connectivity index (χ4v) is 3.25. The predicted octanol–water partition coefficient (Wildman–Crippen LogP) is 2.66. The number of nitrogens with zero attached hydrogens (tertiary/aromatic N) is 1. The summed E-state index contributed by atoms with van der Waals surface area (Å²) in [5.74, 6) is 0.781. The van der Waals surface area contributed by atoms with Gasteiger partial charge in [-0.15, -0.1) is 0 Å². The highest BCUT2D eigenvalue weighted by atomic mass is 32.1. The summed E-state index contributed by atoms with van der Waals surface area (Å²) in [6, 6.07) is 2.28. The third kappa shape index (κ3) is 3.30. The first-order valence-corrected chi connectivity index (χ1v) is 7.02. The zero-order chi connectivity index (χ0) is 11.6. The molecule has 2 N–H and O–H groups in total. The van der Waals surface area contributed by atoms with Crippen LogP contribution >= 0.6 is 11.3 Å². The molecular formula is C13H22N2S. The van der Waals surface area contributed by atoms with Crippen LogP contribution < -0.4 is 5.73 Å². The number of rotatable bonds is 3. The van der Waals surface area contributed by atoms with Gasteiger partial charge in [-0.05, 0) is 68.1 Å². The molecule has 0 aliphatic carbocycles. The molecule has 0 bridgehead atoms. The molecule has 0 unspecified atom stereocenters. The molecular weight excluding hydrogens is 216 g/mol. The zero-order valence-electron chi connectivity index (χ0n) is 10.3. The fourth-order valence-electron chi connectivity index (χ4n) is 2.51. The van der Waals surface area contributed by atoms with Crippen LogP contribution in [0.15, 0.2) is 16.8 Å². The summed E-state index contributed by atoms with van der Waals surface area (Å²) in [5.41, 5.74) is 7.53. The largest absolute Gasteiger partial charge is 0.324 e. The van der Waals surface area contributed by atoms with Crippen LogP contribution in [0.25, 0.3) is 0 Å². The van der Waals surface area contributed by atoms with E-state index in [9.17, 15) is 0 Å². The summed E-state index contributed by atoms with van der Waals surface area (Å²) in [6.45, 7) is 7.63. The number of thiophene rings is 1. The Kier molecular flexibility index (Phi) is 3.67. The Morgan fingerprint density at radius 3 is 2.62 bits per heavy atom. The van der Waals surface area contributed by atoms with Crippen LogP contribution in [-0.2, 0) is 0 Å². The summed E-state index contributed by atoms with van der Waals surface area (Å²) in [7, 11) is 0. The van der Waals surface area contributed by atoms with Crippen molar-refractivity contribution in [3.8, 4) is 0 Å². The lowest BCUT2D eigenvalue weighted by molar-refractivity contribution is 0.179. The second-order valence-electron chi connectivity index (χ2n) is 5.60. The maximum atomic E-state index is 6.06. The molecule has 2 rings (SSSR count). The molecule has 0 saturated carbocycles. The standard InChI is InChI=1S/C13H22N2S/c1-13(2,14)10-15-6-3-11(4-7-15)12-5-8-16-9-12/h5,8-9,11H,3-4,6-7,10,14H2,1-2H3. The fraction of sp³-hybridized carbons (Fsp3) is 0.692. The summed E-state index contributed by atoms with van der Waals surface area (Å²) in [5, 5.41) is 4.48. The summed E-state index contributed by atoms with van der Waals surface area (Å²) in [6.07, 6.45) is 2.57. The van der Waals surface area contributed by atoms with Crippen molar-refractivity contribution in [2.45, 2.75) is 38.1 Å². The Morgan fingerprint density at radius 2 is 2.12 bits per heavy atom. The van der Waals surface area contributed by atoms with Crippen molar-refractivity contribution in [2.24, 2.45) is 5.73 Å². The lowest BCUT2D eigenvalue weighted by Gasteiger charge is -2.35. The number of hydrogen-bond acceptors (Lipinski definition) is 3. The number of likely N-dealkylation sites (tertiary alicyclic amines) is 1. The van der Waals surface area contributed by atoms with Gasteiger partial charge in [-0.1, -0.05) is 0 Å². The van der Waals surface area contributed by atoms with Crippen LogP contribution in [0.5, 0.6) is 0 Å². The first kappa shape index (κ1) is 12.1. The monoisotopic (exact) mass is 238 g/mol. The van der Waals surface area contributed by atoms with Crippen LogP contribution in [-0.4, -0.2) is 30.1 Å². The van der Waals surface area contributed by atoms with Gasteiger partial charge < -0.3 is 10.6 Å². The zero-order valence-corrected chi connectivity index (χ0v) is 11.1. The molecule has 1 saturated heterocycles. The normalized spacial score (nSPS) is 20.2. The molecule has 2 nitrogen and oxygen atoms in total. The second kappa shape index (κ2) is 4.86. The van der Waals surface area contributed by atoms with Crippen LogP contribution in [0.2, 0.25) is 0 Å². The molecule has 0 aromatic carbocycles. The maximum Gasteiger partial charge on any atom is 0.0226 e. The third-order valence-corrected chi connectivity index (χ3v) is 3.93. The Labute approximate surface area is 102 Å². The molecule has 16 heavy (non-hydrogen) atoms. The maximum absolute atomic E-state index is 6.06. The smallest absolute Gasteiger partial charge is 0.0226 e. The molecule has 0 radical (unpaired) electrons. The molecule has 1 aliphatic rings. The molecule has 2 heterocycles. The van der Waals surface area contributed by atoms with Crippen LogP contribution in [0.3, 0.4) is 0 Å². The van der Waals surface area contributed by atoms with Gasteiger partial charge in [0.15, 0.2) is 0 Å². The van der Waals surface area contributed by atoms with Crippen LogP contribution in [0.4, 0.5) is 0 Å². The van der Waals surface area contributed by atoms with Gasteiger partial charge in [0, 0.05) is 12.1 Å². The van der Waals surface area contributed by atoms with Crippen molar-refractivity contribution < 1.29 is 0 Å². The highest BCUT2D eigenvalue weighted by Gasteiger charge is 2.23. The van der Waals surface area contributed by atoms with E-state index < -0.39 is 0 Å². The van der Waals surface area contributed by atoms with E-state index in [0.29, 0.717) is 0 Å². The first-order chi connectivity index (χ1) is 7.54. The summed E-state index contributed by atoms with van der Waals surface area (Å²) in [4.78, 5) is 2.50. The highest BCUT2D eigenvalue weighted by Crippen LogP contribution is 2.29. The van der Waals surface area contributed by atoms with E-state index in [0.717, 1.165) is 12.5 Å². The van der Waals surface area contributed by atoms with Crippen LogP contribution in [0, 0.1) is 0 Å². The van der Waals surface area contributed by atoms with E-state index >= 15 is 0 Å². The van der Waals surface area contributed by atoms with Gasteiger partial charge >= 0.3 is 0 Å². The molecule has 90 valence electrons. The minimum absolute atomic E-state index is 0.0603. The van der Waals surface area contributed by atoms with Crippen molar-refractivity contribution in [3.63, 3.8) is 0 Å². The van der Waals surface area contributed by atoms with Crippen molar-refractivity contribution in [2.75, 3.05) is 19.6 Å². The van der Waals surface area contributed by atoms with Gasteiger partial charge in [0.05, 0.1) is 0 Å². The Hall–Kier alpha value is -0.380. The van der Waals surface area contributed by atoms with E-state index in [2.05, 4.69) is 35.6 Å². The van der Waals surface area contributed by atoms with Gasteiger partial charge in [-0.2, -0.15) is 11.3 Å². The van der Waals surface area contributed by atoms with E-state index in [-0.39, 0.29) is 5.54 Å². The van der Waals surface area contributed by atoms with Gasteiger partial charge in [0.25, 0.3) is 0 Å². The molecule has 0 spiro atoms. The van der Waals surface area contributed by atoms with Gasteiger partial charge in [-0.3, -0.25) is 0 Å². The second-order valence-corrected chi connectivity index (χ2v) is 6.38. The summed E-state index contributed by atoms with van der Waals surface area (Å²) >= 11 is 1.81. The van der Waals surface area contributed by atoms with E-state index in [1.54, 1.807) is 0 Å².